The van der Waals surface area contributed by atoms with Crippen LogP contribution in [-0.4, -0.2) is 18.2 Å². The molecule has 20 heavy (non-hydrogen) atoms. The van der Waals surface area contributed by atoms with Crippen molar-refractivity contribution >= 4 is 17.3 Å². The molecule has 1 atom stereocenters. The van der Waals surface area contributed by atoms with Gasteiger partial charge < -0.3 is 10.0 Å². The molecule has 0 bridgehead atoms. The van der Waals surface area contributed by atoms with Gasteiger partial charge in [0.2, 0.25) is 0 Å². The van der Waals surface area contributed by atoms with Gasteiger partial charge in [-0.05, 0) is 55.7 Å². The number of nitrogens with zero attached hydrogens (tertiary/aromatic N) is 1. The molecule has 1 N–H and O–H groups in total. The van der Waals surface area contributed by atoms with Crippen LogP contribution in [0.3, 0.4) is 0 Å². The zero-order chi connectivity index (χ0) is 14.9. The zero-order valence-corrected chi connectivity index (χ0v) is 13.7. The van der Waals surface area contributed by atoms with E-state index in [0.717, 1.165) is 16.3 Å². The lowest BCUT2D eigenvalue weighted by molar-refractivity contribution is 0.199. The highest BCUT2D eigenvalue weighted by Gasteiger charge is 2.29. The van der Waals surface area contributed by atoms with Gasteiger partial charge in [-0.25, -0.2) is 0 Å². The highest BCUT2D eigenvalue weighted by molar-refractivity contribution is 6.33. The zero-order valence-electron chi connectivity index (χ0n) is 13.0. The summed E-state index contributed by atoms with van der Waals surface area (Å²) in [6.45, 7) is 6.47. The van der Waals surface area contributed by atoms with Gasteiger partial charge >= 0.3 is 0 Å². The maximum absolute atomic E-state index is 9.61. The minimum atomic E-state index is -0.470. The van der Waals surface area contributed by atoms with E-state index in [1.807, 2.05) is 18.2 Å². The Labute approximate surface area is 127 Å². The normalized spacial score (nSPS) is 20.7. The summed E-state index contributed by atoms with van der Waals surface area (Å²) in [4.78, 5) is 2.31. The molecular formula is C17H26ClNO. The van der Waals surface area contributed by atoms with Gasteiger partial charge in [0.25, 0.3) is 0 Å². The van der Waals surface area contributed by atoms with Gasteiger partial charge in [-0.2, -0.15) is 0 Å². The van der Waals surface area contributed by atoms with Crippen LogP contribution in [-0.2, 0) is 0 Å². The fourth-order valence-electron chi connectivity index (χ4n) is 3.04. The lowest BCUT2D eigenvalue weighted by atomic mass is 9.75. The van der Waals surface area contributed by atoms with E-state index in [-0.39, 0.29) is 0 Å². The molecule has 2 nitrogen and oxygen atoms in total. The van der Waals surface area contributed by atoms with Crippen molar-refractivity contribution in [2.24, 2.45) is 5.41 Å². The van der Waals surface area contributed by atoms with Crippen LogP contribution in [0.15, 0.2) is 18.2 Å². The summed E-state index contributed by atoms with van der Waals surface area (Å²) in [7, 11) is 2.13. The van der Waals surface area contributed by atoms with Gasteiger partial charge in [0.05, 0.1) is 16.8 Å². The Kier molecular flexibility index (Phi) is 4.66. The van der Waals surface area contributed by atoms with Crippen LogP contribution < -0.4 is 4.90 Å². The summed E-state index contributed by atoms with van der Waals surface area (Å²) in [6.07, 6.45) is 4.51. The molecule has 2 rings (SSSR count). The lowest BCUT2D eigenvalue weighted by Gasteiger charge is -2.39. The van der Waals surface area contributed by atoms with Crippen molar-refractivity contribution in [1.29, 1.82) is 0 Å². The van der Waals surface area contributed by atoms with Crippen molar-refractivity contribution in [3.63, 3.8) is 0 Å². The van der Waals surface area contributed by atoms with Gasteiger partial charge in [0.1, 0.15) is 0 Å². The Hall–Kier alpha value is -0.730. The average Bonchev–Trinajstić information content (AvgIpc) is 2.37. The number of rotatable bonds is 3. The van der Waals surface area contributed by atoms with Gasteiger partial charge in [0, 0.05) is 13.1 Å². The number of aliphatic hydroxyl groups excluding tert-OH is 1. The molecule has 0 heterocycles. The number of benzene rings is 1. The van der Waals surface area contributed by atoms with Crippen molar-refractivity contribution < 1.29 is 5.11 Å². The second-order valence-corrected chi connectivity index (χ2v) is 7.30. The predicted molar refractivity (Wildman–Crippen MR) is 86.5 cm³/mol. The molecule has 1 aliphatic rings. The minimum absolute atomic E-state index is 0.470. The SMILES string of the molecule is C[C@H](O)c1ccc(N(C)C2CCC(C)(C)CC2)c(Cl)c1. The van der Waals surface area contributed by atoms with Crippen LogP contribution in [0, 0.1) is 5.41 Å². The van der Waals surface area contributed by atoms with Crippen LogP contribution in [0.1, 0.15) is 58.1 Å². The van der Waals surface area contributed by atoms with Gasteiger partial charge in [0.15, 0.2) is 0 Å². The van der Waals surface area contributed by atoms with E-state index in [2.05, 4.69) is 25.8 Å². The van der Waals surface area contributed by atoms with E-state index < -0.39 is 6.10 Å². The Morgan fingerprint density at radius 2 is 1.90 bits per heavy atom. The first-order valence-corrected chi connectivity index (χ1v) is 7.88. The largest absolute Gasteiger partial charge is 0.389 e. The van der Waals surface area contributed by atoms with Crippen molar-refractivity contribution in [2.45, 2.75) is 58.6 Å². The maximum atomic E-state index is 9.61. The summed E-state index contributed by atoms with van der Waals surface area (Å²) in [6, 6.07) is 6.45. The van der Waals surface area contributed by atoms with Crippen LogP contribution in [0.4, 0.5) is 5.69 Å². The third-order valence-electron chi connectivity index (χ3n) is 4.69. The fraction of sp³-hybridized carbons (Fsp3) is 0.647. The molecule has 0 radical (unpaired) electrons. The first-order valence-electron chi connectivity index (χ1n) is 7.50. The van der Waals surface area contributed by atoms with Crippen LogP contribution >= 0.6 is 11.6 Å². The molecule has 0 amide bonds. The van der Waals surface area contributed by atoms with E-state index in [1.54, 1.807) is 6.92 Å². The predicted octanol–water partition coefficient (Wildman–Crippen LogP) is 4.80. The molecule has 1 aliphatic carbocycles. The van der Waals surface area contributed by atoms with Crippen LogP contribution in [0.5, 0.6) is 0 Å². The second kappa shape index (κ2) is 5.95. The Morgan fingerprint density at radius 1 is 1.30 bits per heavy atom. The topological polar surface area (TPSA) is 23.5 Å². The quantitative estimate of drug-likeness (QED) is 0.866. The molecule has 0 unspecified atom stereocenters. The third-order valence-corrected chi connectivity index (χ3v) is 4.99. The smallest absolute Gasteiger partial charge is 0.0762 e. The first-order chi connectivity index (χ1) is 9.30. The summed E-state index contributed by atoms with van der Waals surface area (Å²) >= 11 is 6.39. The Balaban J connectivity index is 2.12. The number of hydrogen-bond acceptors (Lipinski definition) is 2. The van der Waals surface area contributed by atoms with Gasteiger partial charge in [-0.1, -0.05) is 31.5 Å². The lowest BCUT2D eigenvalue weighted by Crippen LogP contribution is -2.37. The molecule has 1 aromatic rings. The van der Waals surface area contributed by atoms with Crippen molar-refractivity contribution in [3.05, 3.63) is 28.8 Å². The summed E-state index contributed by atoms with van der Waals surface area (Å²) in [5, 5.41) is 10.3. The molecule has 0 aliphatic heterocycles. The fourth-order valence-corrected chi connectivity index (χ4v) is 3.36. The molecule has 1 fully saturated rings. The minimum Gasteiger partial charge on any atom is -0.389 e. The van der Waals surface area contributed by atoms with E-state index in [4.69, 9.17) is 11.6 Å². The Morgan fingerprint density at radius 3 is 2.40 bits per heavy atom. The number of hydrogen-bond donors (Lipinski definition) is 1. The van der Waals surface area contributed by atoms with E-state index >= 15 is 0 Å². The number of anilines is 1. The highest BCUT2D eigenvalue weighted by Crippen LogP contribution is 2.39. The maximum Gasteiger partial charge on any atom is 0.0762 e. The summed E-state index contributed by atoms with van der Waals surface area (Å²) < 4.78 is 0. The molecule has 1 aromatic carbocycles. The van der Waals surface area contributed by atoms with Crippen molar-refractivity contribution in [3.8, 4) is 0 Å². The molecule has 0 spiro atoms. The van der Waals surface area contributed by atoms with Crippen molar-refractivity contribution in [1.82, 2.24) is 0 Å². The van der Waals surface area contributed by atoms with Crippen LogP contribution in [0.2, 0.25) is 5.02 Å². The molecule has 1 saturated carbocycles. The average molecular weight is 296 g/mol. The molecule has 0 aromatic heterocycles. The summed E-state index contributed by atoms with van der Waals surface area (Å²) in [5.74, 6) is 0. The number of aliphatic hydroxyl groups is 1. The van der Waals surface area contributed by atoms with Gasteiger partial charge in [-0.15, -0.1) is 0 Å². The van der Waals surface area contributed by atoms with Crippen LogP contribution in [0.25, 0.3) is 0 Å². The number of halogens is 1. The third kappa shape index (κ3) is 3.48. The molecule has 112 valence electrons. The Bertz CT molecular complexity index is 460. The van der Waals surface area contributed by atoms with Gasteiger partial charge in [-0.3, -0.25) is 0 Å². The standard InChI is InChI=1S/C17H26ClNO/c1-12(20)13-5-6-16(15(18)11-13)19(4)14-7-9-17(2,3)10-8-14/h5-6,11-12,14,20H,7-10H2,1-4H3/t12-/m0/s1. The molecular weight excluding hydrogens is 270 g/mol. The van der Waals surface area contributed by atoms with E-state index in [0.29, 0.717) is 11.5 Å². The molecule has 0 saturated heterocycles. The first kappa shape index (κ1) is 15.7. The molecule has 3 heteroatoms. The van der Waals surface area contributed by atoms with E-state index in [1.165, 1.54) is 25.7 Å². The monoisotopic (exact) mass is 295 g/mol. The summed E-state index contributed by atoms with van der Waals surface area (Å²) in [5.41, 5.74) is 2.43. The second-order valence-electron chi connectivity index (χ2n) is 6.89. The van der Waals surface area contributed by atoms with E-state index in [9.17, 15) is 5.11 Å². The van der Waals surface area contributed by atoms with Crippen molar-refractivity contribution in [2.75, 3.05) is 11.9 Å². The highest BCUT2D eigenvalue weighted by atomic mass is 35.5.